The van der Waals surface area contributed by atoms with Crippen LogP contribution in [0.4, 0.5) is 5.69 Å². The van der Waals surface area contributed by atoms with Gasteiger partial charge in [0.1, 0.15) is 0 Å². The summed E-state index contributed by atoms with van der Waals surface area (Å²) < 4.78 is 0. The van der Waals surface area contributed by atoms with Crippen molar-refractivity contribution in [1.82, 2.24) is 10.2 Å². The van der Waals surface area contributed by atoms with Gasteiger partial charge in [-0.25, -0.2) is 0 Å². The summed E-state index contributed by atoms with van der Waals surface area (Å²) in [7, 11) is 4.25. The SMILES string of the molecule is Cc1ccc(N2CC(N(C)C)C2)cc1C(=O)NC1(c2ccc(C)c3ccccc23)CC1. The van der Waals surface area contributed by atoms with E-state index < -0.39 is 0 Å². The Kier molecular flexibility index (Phi) is 4.78. The quantitative estimate of drug-likeness (QED) is 0.663. The Labute approximate surface area is 184 Å². The Morgan fingerprint density at radius 2 is 1.65 bits per heavy atom. The Bertz CT molecular complexity index is 1160. The maximum absolute atomic E-state index is 13.4. The van der Waals surface area contributed by atoms with Gasteiger partial charge in [-0.3, -0.25) is 4.79 Å². The summed E-state index contributed by atoms with van der Waals surface area (Å²) in [5.41, 5.74) is 5.21. The van der Waals surface area contributed by atoms with Gasteiger partial charge in [0.2, 0.25) is 0 Å². The zero-order chi connectivity index (χ0) is 21.8. The number of hydrogen-bond donors (Lipinski definition) is 1. The van der Waals surface area contributed by atoms with E-state index in [2.05, 4.69) is 90.7 Å². The minimum atomic E-state index is -0.250. The molecule has 3 aromatic carbocycles. The van der Waals surface area contributed by atoms with Gasteiger partial charge in [-0.2, -0.15) is 0 Å². The van der Waals surface area contributed by atoms with E-state index in [0.29, 0.717) is 6.04 Å². The molecule has 1 N–H and O–H groups in total. The van der Waals surface area contributed by atoms with Crippen molar-refractivity contribution in [3.8, 4) is 0 Å². The number of fused-ring (bicyclic) bond motifs is 1. The number of carbonyl (C=O) groups is 1. The van der Waals surface area contributed by atoms with Crippen molar-refractivity contribution >= 4 is 22.4 Å². The minimum absolute atomic E-state index is 0.0335. The maximum atomic E-state index is 13.4. The van der Waals surface area contributed by atoms with Crippen molar-refractivity contribution in [3.05, 3.63) is 76.9 Å². The third-order valence-electron chi connectivity index (χ3n) is 7.18. The highest BCUT2D eigenvalue weighted by Crippen LogP contribution is 2.48. The summed E-state index contributed by atoms with van der Waals surface area (Å²) in [5, 5.41) is 5.94. The highest BCUT2D eigenvalue weighted by Gasteiger charge is 2.47. The Morgan fingerprint density at radius 3 is 2.32 bits per heavy atom. The average molecular weight is 414 g/mol. The molecule has 0 unspecified atom stereocenters. The zero-order valence-electron chi connectivity index (χ0n) is 18.9. The van der Waals surface area contributed by atoms with Crippen LogP contribution in [-0.2, 0) is 5.54 Å². The predicted octanol–water partition coefficient (Wildman–Crippen LogP) is 4.63. The van der Waals surface area contributed by atoms with Crippen molar-refractivity contribution in [1.29, 1.82) is 0 Å². The monoisotopic (exact) mass is 413 g/mol. The number of aryl methyl sites for hydroxylation is 2. The van der Waals surface area contributed by atoms with Crippen molar-refractivity contribution in [3.63, 3.8) is 0 Å². The molecule has 1 aliphatic carbocycles. The van der Waals surface area contributed by atoms with Crippen molar-refractivity contribution in [2.45, 2.75) is 38.3 Å². The molecule has 3 aromatic rings. The summed E-state index contributed by atoms with van der Waals surface area (Å²) in [6.45, 7) is 6.20. The smallest absolute Gasteiger partial charge is 0.252 e. The van der Waals surface area contributed by atoms with Gasteiger partial charge < -0.3 is 15.1 Å². The Balaban J connectivity index is 1.41. The van der Waals surface area contributed by atoms with Gasteiger partial charge in [-0.1, -0.05) is 42.5 Å². The zero-order valence-corrected chi connectivity index (χ0v) is 18.9. The van der Waals surface area contributed by atoms with Crippen LogP contribution in [0.5, 0.6) is 0 Å². The first-order chi connectivity index (χ1) is 14.9. The molecular weight excluding hydrogens is 382 g/mol. The highest BCUT2D eigenvalue weighted by atomic mass is 16.1. The van der Waals surface area contributed by atoms with Crippen LogP contribution in [0.15, 0.2) is 54.6 Å². The highest BCUT2D eigenvalue weighted by molar-refractivity contribution is 5.98. The van der Waals surface area contributed by atoms with E-state index in [1.54, 1.807) is 0 Å². The predicted molar refractivity (Wildman–Crippen MR) is 128 cm³/mol. The Morgan fingerprint density at radius 1 is 0.968 bits per heavy atom. The molecule has 0 spiro atoms. The van der Waals surface area contributed by atoms with Crippen LogP contribution in [0.1, 0.15) is 39.9 Å². The molecule has 0 radical (unpaired) electrons. The van der Waals surface area contributed by atoms with Crippen LogP contribution >= 0.6 is 0 Å². The second-order valence-electron chi connectivity index (χ2n) is 9.53. The topological polar surface area (TPSA) is 35.6 Å². The lowest BCUT2D eigenvalue weighted by molar-refractivity contribution is 0.0930. The summed E-state index contributed by atoms with van der Waals surface area (Å²) >= 11 is 0. The number of hydrogen-bond acceptors (Lipinski definition) is 3. The fraction of sp³-hybridized carbons (Fsp3) is 0.370. The molecule has 160 valence electrons. The number of rotatable bonds is 5. The van der Waals surface area contributed by atoms with Gasteiger partial charge in [0.25, 0.3) is 5.91 Å². The van der Waals surface area contributed by atoms with Crippen LogP contribution in [0, 0.1) is 13.8 Å². The summed E-state index contributed by atoms with van der Waals surface area (Å²) in [6.07, 6.45) is 1.97. The van der Waals surface area contributed by atoms with Gasteiger partial charge in [-0.15, -0.1) is 0 Å². The molecule has 0 bridgehead atoms. The normalized spacial score (nSPS) is 17.6. The maximum Gasteiger partial charge on any atom is 0.252 e. The van der Waals surface area contributed by atoms with Crippen molar-refractivity contribution < 1.29 is 4.79 Å². The van der Waals surface area contributed by atoms with E-state index in [1.165, 1.54) is 21.9 Å². The van der Waals surface area contributed by atoms with E-state index in [4.69, 9.17) is 0 Å². The number of anilines is 1. The van der Waals surface area contributed by atoms with Crippen LogP contribution < -0.4 is 10.2 Å². The molecule has 1 heterocycles. The second kappa shape index (κ2) is 7.38. The number of likely N-dealkylation sites (N-methyl/N-ethyl adjacent to an activating group) is 1. The van der Waals surface area contributed by atoms with Gasteiger partial charge in [0.05, 0.1) is 5.54 Å². The van der Waals surface area contributed by atoms with Gasteiger partial charge in [-0.05, 0) is 80.4 Å². The first-order valence-electron chi connectivity index (χ1n) is 11.2. The van der Waals surface area contributed by atoms with Crippen LogP contribution in [0.2, 0.25) is 0 Å². The lowest BCUT2D eigenvalue weighted by Crippen LogP contribution is -2.57. The molecule has 0 aromatic heterocycles. The third kappa shape index (κ3) is 3.49. The molecule has 2 aliphatic rings. The van der Waals surface area contributed by atoms with Gasteiger partial charge >= 0.3 is 0 Å². The lowest BCUT2D eigenvalue weighted by Gasteiger charge is -2.44. The third-order valence-corrected chi connectivity index (χ3v) is 7.18. The van der Waals surface area contributed by atoms with E-state index in [-0.39, 0.29) is 11.4 Å². The van der Waals surface area contributed by atoms with E-state index >= 15 is 0 Å². The number of nitrogens with one attached hydrogen (secondary N) is 1. The summed E-state index contributed by atoms with van der Waals surface area (Å²) in [6, 6.07) is 19.8. The molecule has 1 aliphatic heterocycles. The fourth-order valence-corrected chi connectivity index (χ4v) is 4.78. The standard InChI is InChI=1S/C27H31N3O/c1-18-10-12-25(23-8-6-5-7-22(18)23)27(13-14-27)28-26(31)24-15-20(11-9-19(24)2)30-16-21(17-30)29(3)4/h5-12,15,21H,13-14,16-17H2,1-4H3,(H,28,31). The molecule has 5 rings (SSSR count). The second-order valence-corrected chi connectivity index (χ2v) is 9.53. The molecule has 31 heavy (non-hydrogen) atoms. The van der Waals surface area contributed by atoms with Gasteiger partial charge in [0.15, 0.2) is 0 Å². The minimum Gasteiger partial charge on any atom is -0.368 e. The van der Waals surface area contributed by atoms with Gasteiger partial charge in [0, 0.05) is 30.4 Å². The molecule has 1 saturated carbocycles. The fourth-order valence-electron chi connectivity index (χ4n) is 4.78. The number of amides is 1. The molecule has 2 fully saturated rings. The summed E-state index contributed by atoms with van der Waals surface area (Å²) in [4.78, 5) is 18.0. The lowest BCUT2D eigenvalue weighted by atomic mass is 9.94. The average Bonchev–Trinajstić information content (AvgIpc) is 3.48. The molecule has 1 saturated heterocycles. The number of nitrogens with zero attached hydrogens (tertiary/aromatic N) is 2. The first kappa shape index (κ1) is 20.1. The molecule has 4 heteroatoms. The van der Waals surface area contributed by atoms with Crippen LogP contribution in [0.25, 0.3) is 10.8 Å². The first-order valence-corrected chi connectivity index (χ1v) is 11.2. The number of benzene rings is 3. The van der Waals surface area contributed by atoms with E-state index in [9.17, 15) is 4.79 Å². The summed E-state index contributed by atoms with van der Waals surface area (Å²) in [5.74, 6) is 0.0335. The molecule has 1 amide bonds. The van der Waals surface area contributed by atoms with Crippen LogP contribution in [0.3, 0.4) is 0 Å². The molecular formula is C27H31N3O. The largest absolute Gasteiger partial charge is 0.368 e. The van der Waals surface area contributed by atoms with Crippen molar-refractivity contribution in [2.24, 2.45) is 0 Å². The number of carbonyl (C=O) groups excluding carboxylic acids is 1. The molecule has 0 atom stereocenters. The van der Waals surface area contributed by atoms with E-state index in [1.807, 2.05) is 6.92 Å². The van der Waals surface area contributed by atoms with E-state index in [0.717, 1.165) is 42.7 Å². The van der Waals surface area contributed by atoms with Crippen molar-refractivity contribution in [2.75, 3.05) is 32.1 Å². The molecule has 4 nitrogen and oxygen atoms in total. The van der Waals surface area contributed by atoms with Crippen LogP contribution in [-0.4, -0.2) is 44.0 Å². The Hall–Kier alpha value is -2.85.